The van der Waals surface area contributed by atoms with Gasteiger partial charge in [0.25, 0.3) is 0 Å². The fourth-order valence-corrected chi connectivity index (χ4v) is 0.958. The molecule has 0 saturated heterocycles. The normalized spacial score (nSPS) is 9.00. The molecular formula is C8H12N4S. The van der Waals surface area contributed by atoms with Crippen molar-refractivity contribution in [3.05, 3.63) is 24.4 Å². The predicted octanol–water partition coefficient (Wildman–Crippen LogP) is 0.893. The lowest BCUT2D eigenvalue weighted by Crippen LogP contribution is -2.38. The Hall–Kier alpha value is -1.36. The fraction of sp³-hybridized carbons (Fsp3) is 0.250. The van der Waals surface area contributed by atoms with Gasteiger partial charge >= 0.3 is 0 Å². The molecule has 1 aromatic heterocycles. The zero-order valence-electron chi connectivity index (χ0n) is 7.37. The number of hydrazine groups is 1. The van der Waals surface area contributed by atoms with Gasteiger partial charge in [-0.2, -0.15) is 0 Å². The van der Waals surface area contributed by atoms with Gasteiger partial charge in [-0.3, -0.25) is 10.9 Å². The van der Waals surface area contributed by atoms with Crippen molar-refractivity contribution in [3.8, 4) is 0 Å². The van der Waals surface area contributed by atoms with E-state index in [1.54, 1.807) is 6.20 Å². The second kappa shape index (κ2) is 5.31. The highest BCUT2D eigenvalue weighted by Gasteiger charge is 1.92. The lowest BCUT2D eigenvalue weighted by molar-refractivity contribution is 0.924. The first-order valence-corrected chi connectivity index (χ1v) is 4.44. The zero-order chi connectivity index (χ0) is 9.52. The van der Waals surface area contributed by atoms with Crippen LogP contribution < -0.4 is 16.2 Å². The fourth-order valence-electron chi connectivity index (χ4n) is 0.762. The largest absolute Gasteiger partial charge is 0.362 e. The van der Waals surface area contributed by atoms with E-state index >= 15 is 0 Å². The molecule has 0 bridgehead atoms. The van der Waals surface area contributed by atoms with Gasteiger partial charge in [0.1, 0.15) is 5.82 Å². The maximum absolute atomic E-state index is 4.94. The zero-order valence-corrected chi connectivity index (χ0v) is 8.19. The van der Waals surface area contributed by atoms with Crippen molar-refractivity contribution >= 4 is 23.1 Å². The Morgan fingerprint density at radius 2 is 2.38 bits per heavy atom. The summed E-state index contributed by atoms with van der Waals surface area (Å²) in [5.41, 5.74) is 5.67. The molecule has 0 amide bonds. The molecule has 5 heteroatoms. The van der Waals surface area contributed by atoms with Gasteiger partial charge in [0.2, 0.25) is 0 Å². The maximum atomic E-state index is 4.94. The molecule has 1 aromatic rings. The van der Waals surface area contributed by atoms with Gasteiger partial charge < -0.3 is 5.32 Å². The van der Waals surface area contributed by atoms with Crippen molar-refractivity contribution in [2.75, 3.05) is 12.0 Å². The van der Waals surface area contributed by atoms with E-state index in [0.717, 1.165) is 12.4 Å². The third-order valence-electron chi connectivity index (χ3n) is 1.31. The number of hydrogen-bond donors (Lipinski definition) is 3. The Bertz CT molecular complexity index is 262. The predicted molar refractivity (Wildman–Crippen MR) is 57.3 cm³/mol. The van der Waals surface area contributed by atoms with Gasteiger partial charge in [-0.25, -0.2) is 4.98 Å². The van der Waals surface area contributed by atoms with Crippen LogP contribution in [0.1, 0.15) is 6.92 Å². The summed E-state index contributed by atoms with van der Waals surface area (Å²) < 4.78 is 0. The summed E-state index contributed by atoms with van der Waals surface area (Å²) in [6, 6.07) is 5.60. The Balaban J connectivity index is 2.31. The number of hydrogen-bond acceptors (Lipinski definition) is 3. The van der Waals surface area contributed by atoms with Crippen LogP contribution >= 0.6 is 12.2 Å². The van der Waals surface area contributed by atoms with E-state index in [2.05, 4.69) is 21.2 Å². The topological polar surface area (TPSA) is 49.0 Å². The first-order valence-electron chi connectivity index (χ1n) is 4.04. The number of nitrogens with zero attached hydrogens (tertiary/aromatic N) is 1. The molecule has 0 aromatic carbocycles. The van der Waals surface area contributed by atoms with Crippen molar-refractivity contribution in [2.45, 2.75) is 6.92 Å². The molecule has 1 rings (SSSR count). The minimum absolute atomic E-state index is 0.563. The minimum atomic E-state index is 0.563. The smallest absolute Gasteiger partial charge is 0.185 e. The van der Waals surface area contributed by atoms with Gasteiger partial charge in [0.05, 0.1) is 0 Å². The highest BCUT2D eigenvalue weighted by atomic mass is 32.1. The SMILES string of the molecule is CCNC(=S)NNc1ccccn1. The molecular weight excluding hydrogens is 184 g/mol. The number of nitrogens with one attached hydrogen (secondary N) is 3. The van der Waals surface area contributed by atoms with Crippen molar-refractivity contribution in [3.63, 3.8) is 0 Å². The summed E-state index contributed by atoms with van der Waals surface area (Å²) in [4.78, 5) is 4.05. The number of anilines is 1. The molecule has 3 N–H and O–H groups in total. The van der Waals surface area contributed by atoms with Crippen molar-refractivity contribution in [1.82, 2.24) is 15.7 Å². The van der Waals surface area contributed by atoms with Crippen LogP contribution in [0.15, 0.2) is 24.4 Å². The van der Waals surface area contributed by atoms with E-state index in [-0.39, 0.29) is 0 Å². The Morgan fingerprint density at radius 1 is 1.54 bits per heavy atom. The second-order valence-electron chi connectivity index (χ2n) is 2.32. The molecule has 0 unspecified atom stereocenters. The quantitative estimate of drug-likeness (QED) is 0.495. The van der Waals surface area contributed by atoms with Crippen LogP contribution in [0.4, 0.5) is 5.82 Å². The van der Waals surface area contributed by atoms with Crippen molar-refractivity contribution in [1.29, 1.82) is 0 Å². The first-order chi connectivity index (χ1) is 6.33. The third kappa shape index (κ3) is 3.71. The van der Waals surface area contributed by atoms with E-state index in [1.807, 2.05) is 25.1 Å². The van der Waals surface area contributed by atoms with Gasteiger partial charge in [-0.05, 0) is 31.3 Å². The van der Waals surface area contributed by atoms with Crippen LogP contribution in [0.5, 0.6) is 0 Å². The molecule has 0 aliphatic carbocycles. The number of aromatic nitrogens is 1. The van der Waals surface area contributed by atoms with E-state index in [4.69, 9.17) is 12.2 Å². The van der Waals surface area contributed by atoms with E-state index < -0.39 is 0 Å². The van der Waals surface area contributed by atoms with Crippen LogP contribution in [0.3, 0.4) is 0 Å². The molecule has 4 nitrogen and oxygen atoms in total. The molecule has 0 atom stereocenters. The van der Waals surface area contributed by atoms with Gasteiger partial charge in [0.15, 0.2) is 5.11 Å². The molecule has 1 heterocycles. The minimum Gasteiger partial charge on any atom is -0.362 e. The van der Waals surface area contributed by atoms with Gasteiger partial charge in [-0.1, -0.05) is 6.07 Å². The van der Waals surface area contributed by atoms with Gasteiger partial charge in [0, 0.05) is 12.7 Å². The Labute approximate surface area is 82.7 Å². The molecule has 0 spiro atoms. The van der Waals surface area contributed by atoms with E-state index in [1.165, 1.54) is 0 Å². The Kier molecular flexibility index (Phi) is 3.98. The summed E-state index contributed by atoms with van der Waals surface area (Å²) >= 11 is 4.94. The lowest BCUT2D eigenvalue weighted by Gasteiger charge is -2.09. The second-order valence-corrected chi connectivity index (χ2v) is 2.73. The maximum Gasteiger partial charge on any atom is 0.185 e. The summed E-state index contributed by atoms with van der Waals surface area (Å²) in [6.45, 7) is 2.78. The van der Waals surface area contributed by atoms with Crippen molar-refractivity contribution < 1.29 is 0 Å². The molecule has 70 valence electrons. The third-order valence-corrected chi connectivity index (χ3v) is 1.55. The Morgan fingerprint density at radius 3 is 3.00 bits per heavy atom. The summed E-state index contributed by atoms with van der Waals surface area (Å²) in [7, 11) is 0. The van der Waals surface area contributed by atoms with Crippen LogP contribution in [0.2, 0.25) is 0 Å². The molecule has 0 fully saturated rings. The molecule has 13 heavy (non-hydrogen) atoms. The highest BCUT2D eigenvalue weighted by molar-refractivity contribution is 7.80. The first kappa shape index (κ1) is 9.73. The van der Waals surface area contributed by atoms with E-state index in [0.29, 0.717) is 5.11 Å². The van der Waals surface area contributed by atoms with Crippen LogP contribution in [0, 0.1) is 0 Å². The van der Waals surface area contributed by atoms with E-state index in [9.17, 15) is 0 Å². The van der Waals surface area contributed by atoms with Crippen LogP contribution in [-0.4, -0.2) is 16.6 Å². The van der Waals surface area contributed by atoms with Gasteiger partial charge in [-0.15, -0.1) is 0 Å². The summed E-state index contributed by atoms with van der Waals surface area (Å²) in [6.07, 6.45) is 1.71. The standard InChI is InChI=1S/C8H12N4S/c1-2-9-8(13)12-11-7-5-3-4-6-10-7/h3-6H,2H2,1H3,(H,10,11)(H2,9,12,13). The van der Waals surface area contributed by atoms with Crippen LogP contribution in [-0.2, 0) is 0 Å². The van der Waals surface area contributed by atoms with Crippen molar-refractivity contribution in [2.24, 2.45) is 0 Å². The average Bonchev–Trinajstić information content (AvgIpc) is 2.17. The highest BCUT2D eigenvalue weighted by Crippen LogP contribution is 1.96. The number of pyridine rings is 1. The number of rotatable bonds is 3. The number of thiocarbonyl (C=S) groups is 1. The molecule has 0 aliphatic heterocycles. The molecule has 0 saturated carbocycles. The monoisotopic (exact) mass is 196 g/mol. The summed E-state index contributed by atoms with van der Waals surface area (Å²) in [5.74, 6) is 0.739. The summed E-state index contributed by atoms with van der Waals surface area (Å²) in [5, 5.41) is 3.51. The molecule has 0 radical (unpaired) electrons. The van der Waals surface area contributed by atoms with Crippen LogP contribution in [0.25, 0.3) is 0 Å². The molecule has 0 aliphatic rings. The average molecular weight is 196 g/mol. The lowest BCUT2D eigenvalue weighted by atomic mass is 10.5.